The van der Waals surface area contributed by atoms with Crippen LogP contribution in [0.1, 0.15) is 33.6 Å². The van der Waals surface area contributed by atoms with E-state index in [4.69, 9.17) is 4.74 Å². The minimum Gasteiger partial charge on any atom is -0.469 e. The molecule has 0 radical (unpaired) electrons. The predicted molar refractivity (Wildman–Crippen MR) is 69.2 cm³/mol. The zero-order valence-corrected chi connectivity index (χ0v) is 11.0. The first kappa shape index (κ1) is 13.6. The Hall–Kier alpha value is -1.49. The summed E-state index contributed by atoms with van der Waals surface area (Å²) in [6.07, 6.45) is 7.56. The molecule has 1 aliphatic rings. The predicted octanol–water partition coefficient (Wildman–Crippen LogP) is 3.10. The third-order valence-corrected chi connectivity index (χ3v) is 2.71. The van der Waals surface area contributed by atoms with Crippen LogP contribution in [0.25, 0.3) is 0 Å². The molecule has 0 spiro atoms. The molecule has 2 nitrogen and oxygen atoms in total. The summed E-state index contributed by atoms with van der Waals surface area (Å²) in [5.41, 5.74) is 0.948. The summed E-state index contributed by atoms with van der Waals surface area (Å²) in [5.74, 6) is 5.82. The van der Waals surface area contributed by atoms with E-state index >= 15 is 0 Å². The van der Waals surface area contributed by atoms with Gasteiger partial charge in [0.25, 0.3) is 0 Å². The van der Waals surface area contributed by atoms with E-state index in [2.05, 4.69) is 31.8 Å². The molecule has 1 rings (SSSR count). The number of carbonyl (C=O) groups excluding carboxylic acids is 1. The van der Waals surface area contributed by atoms with Crippen LogP contribution in [0.3, 0.4) is 0 Å². The first-order valence-electron chi connectivity index (χ1n) is 5.96. The molecule has 0 saturated heterocycles. The van der Waals surface area contributed by atoms with Gasteiger partial charge in [0.05, 0.1) is 13.0 Å². The Morgan fingerprint density at radius 3 is 2.88 bits per heavy atom. The second-order valence-electron chi connectivity index (χ2n) is 4.94. The molecular weight excluding hydrogens is 212 g/mol. The van der Waals surface area contributed by atoms with Gasteiger partial charge in [-0.25, -0.2) is 0 Å². The van der Waals surface area contributed by atoms with Crippen molar-refractivity contribution in [1.29, 1.82) is 0 Å². The number of allylic oxidation sites excluding steroid dienone is 3. The second kappa shape index (κ2) is 5.72. The number of carbonyl (C=O) groups is 1. The zero-order chi connectivity index (χ0) is 12.9. The third-order valence-electron chi connectivity index (χ3n) is 2.71. The molecule has 0 aromatic rings. The van der Waals surface area contributed by atoms with Crippen molar-refractivity contribution in [2.45, 2.75) is 33.6 Å². The van der Waals surface area contributed by atoms with Gasteiger partial charge < -0.3 is 4.74 Å². The molecular formula is C15H20O2. The molecule has 0 aliphatic heterocycles. The van der Waals surface area contributed by atoms with Crippen molar-refractivity contribution in [2.24, 2.45) is 11.3 Å². The van der Waals surface area contributed by atoms with Gasteiger partial charge in [-0.2, -0.15) is 0 Å². The lowest BCUT2D eigenvalue weighted by Gasteiger charge is -2.22. The first-order chi connectivity index (χ1) is 7.98. The zero-order valence-electron chi connectivity index (χ0n) is 11.0. The Morgan fingerprint density at radius 1 is 1.59 bits per heavy atom. The average molecular weight is 232 g/mol. The van der Waals surface area contributed by atoms with Crippen molar-refractivity contribution < 1.29 is 9.53 Å². The largest absolute Gasteiger partial charge is 0.469 e. The van der Waals surface area contributed by atoms with Crippen LogP contribution in [-0.4, -0.2) is 13.1 Å². The summed E-state index contributed by atoms with van der Waals surface area (Å²) in [7, 11) is 1.43. The number of hydrogen-bond donors (Lipinski definition) is 0. The van der Waals surface area contributed by atoms with Crippen molar-refractivity contribution in [3.8, 4) is 11.8 Å². The van der Waals surface area contributed by atoms with Crippen LogP contribution >= 0.6 is 0 Å². The monoisotopic (exact) mass is 232 g/mol. The highest BCUT2D eigenvalue weighted by atomic mass is 16.5. The fraction of sp³-hybridized carbons (Fsp3) is 0.533. The Kier molecular flexibility index (Phi) is 4.57. The Balaban J connectivity index is 2.96. The summed E-state index contributed by atoms with van der Waals surface area (Å²) in [6, 6.07) is 0. The van der Waals surface area contributed by atoms with Crippen molar-refractivity contribution in [1.82, 2.24) is 0 Å². The maximum Gasteiger partial charge on any atom is 0.312 e. The fourth-order valence-corrected chi connectivity index (χ4v) is 1.96. The fourth-order valence-electron chi connectivity index (χ4n) is 1.96. The minimum absolute atomic E-state index is 0.0416. The Morgan fingerprint density at radius 2 is 2.29 bits per heavy atom. The van der Waals surface area contributed by atoms with Crippen LogP contribution in [0.2, 0.25) is 0 Å². The quantitative estimate of drug-likeness (QED) is 0.513. The molecule has 0 N–H and O–H groups in total. The molecule has 0 fully saturated rings. The molecule has 92 valence electrons. The lowest BCUT2D eigenvalue weighted by molar-refractivity contribution is -0.144. The standard InChI is InChI=1S/C15H20O2/c1-5-6-7-12-8-9-13(14(16)17-4)11-15(2,3)10-12/h8-10,13H,5,11H2,1-4H3. The summed E-state index contributed by atoms with van der Waals surface area (Å²) in [6.45, 7) is 6.25. The molecule has 1 unspecified atom stereocenters. The summed E-state index contributed by atoms with van der Waals surface area (Å²) in [5, 5.41) is 0. The Bertz CT molecular complexity index is 402. The van der Waals surface area contributed by atoms with Crippen LogP contribution in [0.15, 0.2) is 23.8 Å². The highest BCUT2D eigenvalue weighted by Gasteiger charge is 2.27. The average Bonchev–Trinajstić information content (AvgIpc) is 2.43. The van der Waals surface area contributed by atoms with Gasteiger partial charge in [-0.15, -0.1) is 0 Å². The van der Waals surface area contributed by atoms with E-state index in [-0.39, 0.29) is 17.3 Å². The van der Waals surface area contributed by atoms with Gasteiger partial charge >= 0.3 is 5.97 Å². The molecule has 0 bridgehead atoms. The molecule has 0 heterocycles. The number of methoxy groups -OCH3 is 1. The van der Waals surface area contributed by atoms with Gasteiger partial charge in [-0.1, -0.05) is 44.8 Å². The van der Waals surface area contributed by atoms with E-state index in [1.807, 2.05) is 19.1 Å². The highest BCUT2D eigenvalue weighted by Crippen LogP contribution is 2.32. The van der Waals surface area contributed by atoms with Crippen molar-refractivity contribution in [3.05, 3.63) is 23.8 Å². The van der Waals surface area contributed by atoms with Gasteiger partial charge in [0, 0.05) is 12.0 Å². The summed E-state index contributed by atoms with van der Waals surface area (Å²) >= 11 is 0. The summed E-state index contributed by atoms with van der Waals surface area (Å²) < 4.78 is 4.81. The van der Waals surface area contributed by atoms with Crippen LogP contribution < -0.4 is 0 Å². The van der Waals surface area contributed by atoms with Crippen LogP contribution in [0.5, 0.6) is 0 Å². The lowest BCUT2D eigenvalue weighted by atomic mass is 9.83. The number of ether oxygens (including phenoxy) is 1. The lowest BCUT2D eigenvalue weighted by Crippen LogP contribution is -2.20. The molecule has 1 atom stereocenters. The molecule has 2 heteroatoms. The van der Waals surface area contributed by atoms with Crippen LogP contribution in [0, 0.1) is 23.2 Å². The van der Waals surface area contributed by atoms with Crippen molar-refractivity contribution >= 4 is 5.97 Å². The Labute approximate surface area is 104 Å². The van der Waals surface area contributed by atoms with Crippen LogP contribution in [-0.2, 0) is 9.53 Å². The van der Waals surface area contributed by atoms with E-state index in [0.29, 0.717) is 0 Å². The smallest absolute Gasteiger partial charge is 0.312 e. The van der Waals surface area contributed by atoms with Crippen molar-refractivity contribution in [3.63, 3.8) is 0 Å². The van der Waals surface area contributed by atoms with E-state index in [9.17, 15) is 4.79 Å². The number of esters is 1. The van der Waals surface area contributed by atoms with Gasteiger partial charge in [0.2, 0.25) is 0 Å². The summed E-state index contributed by atoms with van der Waals surface area (Å²) in [4.78, 5) is 11.6. The SMILES string of the molecule is CCC#CC1=CC(C)(C)CC(C(=O)OC)C=C1. The maximum absolute atomic E-state index is 11.6. The van der Waals surface area contributed by atoms with Gasteiger partial charge in [-0.05, 0) is 17.9 Å². The molecule has 0 aromatic carbocycles. The molecule has 1 aliphatic carbocycles. The maximum atomic E-state index is 11.6. The first-order valence-corrected chi connectivity index (χ1v) is 5.96. The second-order valence-corrected chi connectivity index (χ2v) is 4.94. The van der Waals surface area contributed by atoms with E-state index in [1.54, 1.807) is 0 Å². The minimum atomic E-state index is -0.174. The van der Waals surface area contributed by atoms with Crippen LogP contribution in [0.4, 0.5) is 0 Å². The third kappa shape index (κ3) is 4.11. The van der Waals surface area contributed by atoms with Gasteiger partial charge in [-0.3, -0.25) is 4.79 Å². The number of rotatable bonds is 1. The van der Waals surface area contributed by atoms with Gasteiger partial charge in [0.15, 0.2) is 0 Å². The topological polar surface area (TPSA) is 26.3 Å². The molecule has 0 amide bonds. The molecule has 0 saturated carbocycles. The number of hydrogen-bond acceptors (Lipinski definition) is 2. The van der Waals surface area contributed by atoms with Crippen molar-refractivity contribution in [2.75, 3.05) is 7.11 Å². The van der Waals surface area contributed by atoms with E-state index < -0.39 is 0 Å². The van der Waals surface area contributed by atoms with E-state index in [0.717, 1.165) is 18.4 Å². The normalized spacial score (nSPS) is 21.9. The van der Waals surface area contributed by atoms with Gasteiger partial charge in [0.1, 0.15) is 0 Å². The highest BCUT2D eigenvalue weighted by molar-refractivity contribution is 5.75. The molecule has 0 aromatic heterocycles. The molecule has 17 heavy (non-hydrogen) atoms. The van der Waals surface area contributed by atoms with E-state index in [1.165, 1.54) is 7.11 Å².